The highest BCUT2D eigenvalue weighted by Crippen LogP contribution is 2.22. The fourth-order valence-corrected chi connectivity index (χ4v) is 1.98. The van der Waals surface area contributed by atoms with Crippen molar-refractivity contribution in [3.05, 3.63) is 64.1 Å². The van der Waals surface area contributed by atoms with Crippen molar-refractivity contribution in [1.82, 2.24) is 0 Å². The van der Waals surface area contributed by atoms with Crippen LogP contribution in [0.25, 0.3) is 0 Å². The number of aliphatic hydroxyl groups is 1. The Morgan fingerprint density at radius 3 is 2.32 bits per heavy atom. The van der Waals surface area contributed by atoms with E-state index in [1.807, 2.05) is 24.3 Å². The van der Waals surface area contributed by atoms with Gasteiger partial charge in [0.2, 0.25) is 0 Å². The number of hydrogen-bond donors (Lipinski definition) is 2. The van der Waals surface area contributed by atoms with Gasteiger partial charge in [-0.3, -0.25) is 0 Å². The van der Waals surface area contributed by atoms with Gasteiger partial charge in [0.1, 0.15) is 0 Å². The van der Waals surface area contributed by atoms with Gasteiger partial charge in [0, 0.05) is 10.2 Å². The van der Waals surface area contributed by atoms with Gasteiger partial charge in [-0.15, -0.1) is 0 Å². The Labute approximate surface area is 118 Å². The summed E-state index contributed by atoms with van der Waals surface area (Å²) in [4.78, 5) is 0. The number of benzene rings is 2. The van der Waals surface area contributed by atoms with Crippen molar-refractivity contribution in [3.8, 4) is 0 Å². The van der Waals surface area contributed by atoms with E-state index in [9.17, 15) is 13.9 Å². The molecule has 19 heavy (non-hydrogen) atoms. The molecule has 0 fully saturated rings. The molecule has 0 amide bonds. The fourth-order valence-electron chi connectivity index (χ4n) is 1.71. The molecule has 2 nitrogen and oxygen atoms in total. The molecule has 100 valence electrons. The first kappa shape index (κ1) is 14.0. The van der Waals surface area contributed by atoms with Crippen LogP contribution in [-0.2, 0) is 0 Å². The van der Waals surface area contributed by atoms with Crippen LogP contribution in [-0.4, -0.2) is 11.7 Å². The molecule has 0 aliphatic heterocycles. The highest BCUT2D eigenvalue weighted by molar-refractivity contribution is 9.10. The van der Waals surface area contributed by atoms with Gasteiger partial charge in [0.25, 0.3) is 0 Å². The molecule has 2 rings (SSSR count). The molecule has 0 saturated carbocycles. The average Bonchev–Trinajstić information content (AvgIpc) is 2.41. The third-order valence-electron chi connectivity index (χ3n) is 2.71. The third kappa shape index (κ3) is 3.52. The summed E-state index contributed by atoms with van der Waals surface area (Å²) in [5, 5.41) is 12.4. The van der Waals surface area contributed by atoms with Crippen LogP contribution in [0, 0.1) is 11.6 Å². The van der Waals surface area contributed by atoms with E-state index in [1.165, 1.54) is 6.07 Å². The van der Waals surface area contributed by atoms with Crippen LogP contribution in [0.4, 0.5) is 14.5 Å². The number of anilines is 1. The first-order valence-electron chi connectivity index (χ1n) is 5.68. The van der Waals surface area contributed by atoms with E-state index < -0.39 is 17.7 Å². The normalized spacial score (nSPS) is 12.2. The third-order valence-corrected chi connectivity index (χ3v) is 3.24. The SMILES string of the molecule is OCC(Nc1ccc(Br)cc1)c1ccc(F)c(F)c1. The maximum atomic E-state index is 13.2. The smallest absolute Gasteiger partial charge is 0.159 e. The number of rotatable bonds is 4. The van der Waals surface area contributed by atoms with Gasteiger partial charge in [-0.2, -0.15) is 0 Å². The highest BCUT2D eigenvalue weighted by Gasteiger charge is 2.12. The molecule has 5 heteroatoms. The van der Waals surface area contributed by atoms with Crippen LogP contribution < -0.4 is 5.32 Å². The van der Waals surface area contributed by atoms with Crippen molar-refractivity contribution < 1.29 is 13.9 Å². The number of halogens is 3. The zero-order valence-electron chi connectivity index (χ0n) is 9.91. The summed E-state index contributed by atoms with van der Waals surface area (Å²) in [5.74, 6) is -1.82. The van der Waals surface area contributed by atoms with E-state index in [2.05, 4.69) is 21.2 Å². The lowest BCUT2D eigenvalue weighted by molar-refractivity contribution is 0.276. The van der Waals surface area contributed by atoms with Gasteiger partial charge in [0.05, 0.1) is 12.6 Å². The molecule has 2 aromatic carbocycles. The minimum Gasteiger partial charge on any atom is -0.394 e. The van der Waals surface area contributed by atoms with E-state index >= 15 is 0 Å². The fraction of sp³-hybridized carbons (Fsp3) is 0.143. The topological polar surface area (TPSA) is 32.3 Å². The molecular formula is C14H12BrF2NO. The van der Waals surface area contributed by atoms with Crippen LogP contribution >= 0.6 is 15.9 Å². The maximum absolute atomic E-state index is 13.2. The summed E-state index contributed by atoms with van der Waals surface area (Å²) in [5.41, 5.74) is 1.27. The Kier molecular flexibility index (Phi) is 4.50. The second-order valence-corrected chi connectivity index (χ2v) is 4.98. The summed E-state index contributed by atoms with van der Waals surface area (Å²) >= 11 is 3.32. The molecule has 0 bridgehead atoms. The zero-order chi connectivity index (χ0) is 13.8. The lowest BCUT2D eigenvalue weighted by Crippen LogP contribution is -2.15. The van der Waals surface area contributed by atoms with Gasteiger partial charge >= 0.3 is 0 Å². The van der Waals surface area contributed by atoms with E-state index in [4.69, 9.17) is 0 Å². The molecule has 0 aromatic heterocycles. The minimum atomic E-state index is -0.923. The maximum Gasteiger partial charge on any atom is 0.159 e. The minimum absolute atomic E-state index is 0.221. The molecule has 1 unspecified atom stereocenters. The molecule has 0 heterocycles. The Bertz CT molecular complexity index is 560. The van der Waals surface area contributed by atoms with Gasteiger partial charge in [-0.25, -0.2) is 8.78 Å². The van der Waals surface area contributed by atoms with Crippen molar-refractivity contribution in [2.75, 3.05) is 11.9 Å². The second kappa shape index (κ2) is 6.12. The molecule has 0 radical (unpaired) electrons. The van der Waals surface area contributed by atoms with Crippen LogP contribution in [0.2, 0.25) is 0 Å². The molecule has 0 spiro atoms. The monoisotopic (exact) mass is 327 g/mol. The molecule has 0 aliphatic rings. The number of aliphatic hydroxyl groups excluding tert-OH is 1. The predicted octanol–water partition coefficient (Wildman–Crippen LogP) is 3.87. The highest BCUT2D eigenvalue weighted by atomic mass is 79.9. The molecule has 1 atom stereocenters. The molecular weight excluding hydrogens is 316 g/mol. The van der Waals surface area contributed by atoms with Crippen molar-refractivity contribution in [2.24, 2.45) is 0 Å². The van der Waals surface area contributed by atoms with Crippen LogP contribution in [0.3, 0.4) is 0 Å². The summed E-state index contributed by atoms with van der Waals surface area (Å²) < 4.78 is 27.0. The molecule has 2 N–H and O–H groups in total. The first-order chi connectivity index (χ1) is 9.10. The summed E-state index contributed by atoms with van der Waals surface area (Å²) in [6, 6.07) is 10.4. The lowest BCUT2D eigenvalue weighted by atomic mass is 10.1. The Hall–Kier alpha value is -1.46. The Morgan fingerprint density at radius 2 is 1.74 bits per heavy atom. The van der Waals surface area contributed by atoms with Crippen LogP contribution in [0.1, 0.15) is 11.6 Å². The molecule has 0 aliphatic carbocycles. The van der Waals surface area contributed by atoms with E-state index in [-0.39, 0.29) is 6.61 Å². The summed E-state index contributed by atoms with van der Waals surface area (Å²) in [7, 11) is 0. The summed E-state index contributed by atoms with van der Waals surface area (Å²) in [6.45, 7) is -0.221. The lowest BCUT2D eigenvalue weighted by Gasteiger charge is -2.18. The quantitative estimate of drug-likeness (QED) is 0.893. The Morgan fingerprint density at radius 1 is 1.05 bits per heavy atom. The van der Waals surface area contributed by atoms with E-state index in [0.717, 1.165) is 22.3 Å². The summed E-state index contributed by atoms with van der Waals surface area (Å²) in [6.07, 6.45) is 0. The Balaban J connectivity index is 2.19. The van der Waals surface area contributed by atoms with Crippen molar-refractivity contribution >= 4 is 21.6 Å². The van der Waals surface area contributed by atoms with Crippen molar-refractivity contribution in [2.45, 2.75) is 6.04 Å². The first-order valence-corrected chi connectivity index (χ1v) is 6.47. The van der Waals surface area contributed by atoms with Gasteiger partial charge < -0.3 is 10.4 Å². The van der Waals surface area contributed by atoms with Gasteiger partial charge in [-0.05, 0) is 42.0 Å². The van der Waals surface area contributed by atoms with Crippen molar-refractivity contribution in [1.29, 1.82) is 0 Å². The van der Waals surface area contributed by atoms with Gasteiger partial charge in [0.15, 0.2) is 11.6 Å². The van der Waals surface area contributed by atoms with Gasteiger partial charge in [-0.1, -0.05) is 22.0 Å². The molecule has 0 saturated heterocycles. The second-order valence-electron chi connectivity index (χ2n) is 4.06. The van der Waals surface area contributed by atoms with E-state index in [0.29, 0.717) is 5.56 Å². The van der Waals surface area contributed by atoms with E-state index in [1.54, 1.807) is 0 Å². The number of hydrogen-bond acceptors (Lipinski definition) is 2. The van der Waals surface area contributed by atoms with Crippen LogP contribution in [0.15, 0.2) is 46.9 Å². The molecule has 2 aromatic rings. The average molecular weight is 328 g/mol. The van der Waals surface area contributed by atoms with Crippen molar-refractivity contribution in [3.63, 3.8) is 0 Å². The zero-order valence-corrected chi connectivity index (χ0v) is 11.5. The van der Waals surface area contributed by atoms with Crippen LogP contribution in [0.5, 0.6) is 0 Å². The predicted molar refractivity (Wildman–Crippen MR) is 73.9 cm³/mol. The number of nitrogens with one attached hydrogen (secondary N) is 1. The standard InChI is InChI=1S/C14H12BrF2NO/c15-10-2-4-11(5-3-10)18-14(8-19)9-1-6-12(16)13(17)7-9/h1-7,14,18-19H,8H2. The largest absolute Gasteiger partial charge is 0.394 e.